The van der Waals surface area contributed by atoms with Crippen molar-refractivity contribution in [2.45, 2.75) is 71.0 Å². The predicted molar refractivity (Wildman–Crippen MR) is 82.6 cm³/mol. The summed E-state index contributed by atoms with van der Waals surface area (Å²) in [6.45, 7) is 14.4. The van der Waals surface area contributed by atoms with Crippen LogP contribution in [0.3, 0.4) is 0 Å². The Hall–Kier alpha value is -0.630. The fourth-order valence-corrected chi connectivity index (χ4v) is 2.95. The lowest BCUT2D eigenvalue weighted by atomic mass is 9.90. The van der Waals surface area contributed by atoms with E-state index in [1.165, 1.54) is 0 Å². The van der Waals surface area contributed by atoms with E-state index in [2.05, 4.69) is 50.9 Å². The number of nitriles is 1. The molecule has 1 fully saturated rings. The lowest BCUT2D eigenvalue weighted by Crippen LogP contribution is -2.53. The van der Waals surface area contributed by atoms with Gasteiger partial charge in [0.05, 0.1) is 19.3 Å². The summed E-state index contributed by atoms with van der Waals surface area (Å²) in [4.78, 5) is 2.49. The van der Waals surface area contributed by atoms with Gasteiger partial charge in [-0.2, -0.15) is 5.26 Å². The maximum atomic E-state index is 9.52. The van der Waals surface area contributed by atoms with Gasteiger partial charge in [-0.15, -0.1) is 0 Å². The molecule has 1 heterocycles. The van der Waals surface area contributed by atoms with Crippen LogP contribution in [-0.2, 0) is 4.74 Å². The van der Waals surface area contributed by atoms with Gasteiger partial charge in [0.1, 0.15) is 5.54 Å². The number of hydrogen-bond donors (Lipinski definition) is 1. The van der Waals surface area contributed by atoms with Crippen molar-refractivity contribution in [3.8, 4) is 6.07 Å². The molecule has 1 saturated heterocycles. The van der Waals surface area contributed by atoms with Crippen molar-refractivity contribution in [1.82, 2.24) is 10.2 Å². The molecule has 0 aliphatic carbocycles. The van der Waals surface area contributed by atoms with Crippen LogP contribution in [0.1, 0.15) is 53.9 Å². The van der Waals surface area contributed by atoms with E-state index in [-0.39, 0.29) is 11.1 Å². The second-order valence-corrected chi connectivity index (χ2v) is 6.80. The summed E-state index contributed by atoms with van der Waals surface area (Å²) < 4.78 is 5.55. The number of hydrogen-bond acceptors (Lipinski definition) is 4. The van der Waals surface area contributed by atoms with Crippen molar-refractivity contribution in [2.24, 2.45) is 0 Å². The van der Waals surface area contributed by atoms with Crippen LogP contribution in [-0.4, -0.2) is 48.3 Å². The van der Waals surface area contributed by atoms with Crippen LogP contribution in [0.2, 0.25) is 0 Å². The summed E-state index contributed by atoms with van der Waals surface area (Å²) in [5.41, 5.74) is -0.254. The Morgan fingerprint density at radius 2 is 2.15 bits per heavy atom. The molecule has 1 rings (SSSR count). The molecular formula is C16H31N3O. The van der Waals surface area contributed by atoms with Gasteiger partial charge in [-0.1, -0.05) is 6.92 Å². The first kappa shape index (κ1) is 17.4. The average Bonchev–Trinajstić information content (AvgIpc) is 2.38. The molecule has 1 atom stereocenters. The van der Waals surface area contributed by atoms with Gasteiger partial charge in [0.25, 0.3) is 0 Å². The molecule has 0 radical (unpaired) electrons. The maximum Gasteiger partial charge on any atom is 0.106 e. The van der Waals surface area contributed by atoms with Gasteiger partial charge in [0, 0.05) is 18.1 Å². The lowest BCUT2D eigenvalue weighted by Gasteiger charge is -2.42. The van der Waals surface area contributed by atoms with Gasteiger partial charge in [0.2, 0.25) is 0 Å². The van der Waals surface area contributed by atoms with Gasteiger partial charge in [-0.3, -0.25) is 10.2 Å². The van der Waals surface area contributed by atoms with E-state index in [1.54, 1.807) is 0 Å². The smallest absolute Gasteiger partial charge is 0.106 e. The molecule has 116 valence electrons. The molecular weight excluding hydrogens is 250 g/mol. The Morgan fingerprint density at radius 3 is 2.65 bits per heavy atom. The number of nitrogens with one attached hydrogen (secondary N) is 1. The maximum absolute atomic E-state index is 9.52. The van der Waals surface area contributed by atoms with Crippen LogP contribution in [0.25, 0.3) is 0 Å². The van der Waals surface area contributed by atoms with Crippen molar-refractivity contribution < 1.29 is 4.74 Å². The highest BCUT2D eigenvalue weighted by Crippen LogP contribution is 2.22. The highest BCUT2D eigenvalue weighted by Gasteiger charge is 2.32. The first-order chi connectivity index (χ1) is 9.35. The molecule has 1 unspecified atom stereocenters. The molecule has 1 N–H and O–H groups in total. The molecule has 0 bridgehead atoms. The average molecular weight is 281 g/mol. The number of nitrogens with zero attached hydrogens (tertiary/aromatic N) is 2. The largest absolute Gasteiger partial charge is 0.378 e. The monoisotopic (exact) mass is 281 g/mol. The minimum atomic E-state index is -0.370. The minimum Gasteiger partial charge on any atom is -0.378 e. The zero-order valence-electron chi connectivity index (χ0n) is 13.8. The van der Waals surface area contributed by atoms with E-state index >= 15 is 0 Å². The van der Waals surface area contributed by atoms with E-state index in [4.69, 9.17) is 4.74 Å². The fraction of sp³-hybridized carbons (Fsp3) is 0.938. The van der Waals surface area contributed by atoms with Crippen molar-refractivity contribution >= 4 is 0 Å². The normalized spacial score (nSPS) is 22.4. The molecule has 20 heavy (non-hydrogen) atoms. The SMILES string of the molecule is CCC(C#N)(CCCN1CCOCC1(C)C)NC(C)C. The van der Waals surface area contributed by atoms with E-state index < -0.39 is 0 Å². The van der Waals surface area contributed by atoms with Gasteiger partial charge in [0.15, 0.2) is 0 Å². The zero-order valence-corrected chi connectivity index (χ0v) is 13.8. The molecule has 4 heteroatoms. The summed E-state index contributed by atoms with van der Waals surface area (Å²) in [5, 5.41) is 13.0. The number of rotatable bonds is 7. The Bertz CT molecular complexity index is 335. The Morgan fingerprint density at radius 1 is 1.45 bits per heavy atom. The molecule has 0 aromatic rings. The zero-order chi connectivity index (χ0) is 15.2. The second kappa shape index (κ2) is 7.40. The third-order valence-corrected chi connectivity index (χ3v) is 4.23. The highest BCUT2D eigenvalue weighted by atomic mass is 16.5. The van der Waals surface area contributed by atoms with Gasteiger partial charge >= 0.3 is 0 Å². The highest BCUT2D eigenvalue weighted by molar-refractivity contribution is 5.07. The van der Waals surface area contributed by atoms with Crippen LogP contribution in [0.4, 0.5) is 0 Å². The quantitative estimate of drug-likeness (QED) is 0.779. The third kappa shape index (κ3) is 4.73. The van der Waals surface area contributed by atoms with Crippen molar-refractivity contribution in [3.63, 3.8) is 0 Å². The lowest BCUT2D eigenvalue weighted by molar-refractivity contribution is -0.0518. The Labute approximate surface area is 124 Å². The summed E-state index contributed by atoms with van der Waals surface area (Å²) >= 11 is 0. The predicted octanol–water partition coefficient (Wildman–Crippen LogP) is 2.55. The number of morpholine rings is 1. The molecule has 4 nitrogen and oxygen atoms in total. The Kier molecular flexibility index (Phi) is 6.44. The minimum absolute atomic E-state index is 0.116. The van der Waals surface area contributed by atoms with Crippen LogP contribution in [0, 0.1) is 11.3 Å². The molecule has 0 spiro atoms. The Balaban J connectivity index is 2.50. The molecule has 1 aliphatic rings. The molecule has 0 amide bonds. The van der Waals surface area contributed by atoms with Gasteiger partial charge < -0.3 is 4.74 Å². The van der Waals surface area contributed by atoms with Crippen molar-refractivity contribution in [3.05, 3.63) is 0 Å². The van der Waals surface area contributed by atoms with Gasteiger partial charge in [-0.25, -0.2) is 0 Å². The topological polar surface area (TPSA) is 48.3 Å². The molecule has 0 saturated carbocycles. The third-order valence-electron chi connectivity index (χ3n) is 4.23. The van der Waals surface area contributed by atoms with Crippen molar-refractivity contribution in [2.75, 3.05) is 26.3 Å². The van der Waals surface area contributed by atoms with E-state index in [0.717, 1.165) is 45.6 Å². The van der Waals surface area contributed by atoms with Crippen LogP contribution >= 0.6 is 0 Å². The molecule has 0 aromatic heterocycles. The van der Waals surface area contributed by atoms with E-state index in [9.17, 15) is 5.26 Å². The van der Waals surface area contributed by atoms with Crippen molar-refractivity contribution in [1.29, 1.82) is 5.26 Å². The first-order valence-electron chi connectivity index (χ1n) is 7.87. The van der Waals surface area contributed by atoms with Crippen LogP contribution < -0.4 is 5.32 Å². The van der Waals surface area contributed by atoms with Crippen LogP contribution in [0.5, 0.6) is 0 Å². The van der Waals surface area contributed by atoms with E-state index in [1.807, 2.05) is 0 Å². The molecule has 0 aromatic carbocycles. The van der Waals surface area contributed by atoms with Gasteiger partial charge in [-0.05, 0) is 53.5 Å². The number of ether oxygens (including phenoxy) is 1. The summed E-state index contributed by atoms with van der Waals surface area (Å²) in [7, 11) is 0. The standard InChI is InChI=1S/C16H31N3O/c1-6-16(12-17,18-14(2)3)8-7-9-19-10-11-20-13-15(19,4)5/h14,18H,6-11,13H2,1-5H3. The first-order valence-corrected chi connectivity index (χ1v) is 7.87. The van der Waals surface area contributed by atoms with E-state index in [0.29, 0.717) is 6.04 Å². The fourth-order valence-electron chi connectivity index (χ4n) is 2.95. The second-order valence-electron chi connectivity index (χ2n) is 6.80. The molecule has 1 aliphatic heterocycles. The summed E-state index contributed by atoms with van der Waals surface area (Å²) in [6, 6.07) is 2.84. The summed E-state index contributed by atoms with van der Waals surface area (Å²) in [6.07, 6.45) is 2.81. The summed E-state index contributed by atoms with van der Waals surface area (Å²) in [5.74, 6) is 0. The van der Waals surface area contributed by atoms with Crippen LogP contribution in [0.15, 0.2) is 0 Å².